The van der Waals surface area contributed by atoms with E-state index in [1.165, 1.54) is 17.5 Å². The fourth-order valence-corrected chi connectivity index (χ4v) is 5.71. The van der Waals surface area contributed by atoms with Crippen LogP contribution in [-0.4, -0.2) is 42.8 Å². The highest BCUT2D eigenvalue weighted by Gasteiger charge is 2.24. The van der Waals surface area contributed by atoms with Gasteiger partial charge in [-0.1, -0.05) is 42.5 Å². The number of carbonyl (C=O) groups is 3. The SMILES string of the molecule is O=C(O)CCNC(=O)OCc1cccc(-c2cccc3c2CCCN3C(=O)CCCOc2cccc3c2CCC3)c1. The molecule has 2 aliphatic rings. The van der Waals surface area contributed by atoms with E-state index >= 15 is 0 Å². The van der Waals surface area contributed by atoms with Gasteiger partial charge < -0.3 is 24.8 Å². The monoisotopic (exact) mass is 556 g/mol. The van der Waals surface area contributed by atoms with E-state index in [-0.39, 0.29) is 25.5 Å². The van der Waals surface area contributed by atoms with E-state index in [4.69, 9.17) is 14.6 Å². The van der Waals surface area contributed by atoms with Crippen LogP contribution in [0.2, 0.25) is 0 Å². The van der Waals surface area contributed by atoms with Crippen molar-refractivity contribution >= 4 is 23.7 Å². The third-order valence-electron chi connectivity index (χ3n) is 7.66. The Hall–Kier alpha value is -4.33. The molecular formula is C33H36N2O6. The van der Waals surface area contributed by atoms with Crippen LogP contribution in [0.5, 0.6) is 5.75 Å². The van der Waals surface area contributed by atoms with Crippen molar-refractivity contribution in [2.24, 2.45) is 0 Å². The zero-order valence-corrected chi connectivity index (χ0v) is 23.2. The number of aliphatic carboxylic acids is 1. The first-order valence-electron chi connectivity index (χ1n) is 14.4. The molecule has 41 heavy (non-hydrogen) atoms. The molecule has 0 atom stereocenters. The minimum Gasteiger partial charge on any atom is -0.493 e. The van der Waals surface area contributed by atoms with Gasteiger partial charge in [-0.2, -0.15) is 0 Å². The number of amides is 2. The number of aryl methyl sites for hydroxylation is 1. The molecule has 8 nitrogen and oxygen atoms in total. The van der Waals surface area contributed by atoms with Gasteiger partial charge >= 0.3 is 12.1 Å². The van der Waals surface area contributed by atoms with Crippen molar-refractivity contribution in [1.82, 2.24) is 5.32 Å². The van der Waals surface area contributed by atoms with Gasteiger partial charge in [0.15, 0.2) is 0 Å². The summed E-state index contributed by atoms with van der Waals surface area (Å²) in [5.74, 6) is 0.0945. The number of carboxylic acid groups (broad SMARTS) is 1. The second-order valence-electron chi connectivity index (χ2n) is 10.5. The number of fused-ring (bicyclic) bond motifs is 2. The Kier molecular flexibility index (Phi) is 9.19. The number of carbonyl (C=O) groups excluding carboxylic acids is 2. The maximum Gasteiger partial charge on any atom is 0.407 e. The third-order valence-corrected chi connectivity index (χ3v) is 7.66. The minimum atomic E-state index is -0.982. The van der Waals surface area contributed by atoms with Crippen LogP contribution >= 0.6 is 0 Å². The lowest BCUT2D eigenvalue weighted by Crippen LogP contribution is -2.35. The largest absolute Gasteiger partial charge is 0.493 e. The van der Waals surface area contributed by atoms with Gasteiger partial charge in [0.2, 0.25) is 5.91 Å². The molecule has 0 spiro atoms. The van der Waals surface area contributed by atoms with E-state index in [0.29, 0.717) is 26.0 Å². The van der Waals surface area contributed by atoms with Gasteiger partial charge in [-0.15, -0.1) is 0 Å². The number of carboxylic acids is 1. The van der Waals surface area contributed by atoms with Gasteiger partial charge in [-0.3, -0.25) is 9.59 Å². The molecule has 1 heterocycles. The molecule has 0 saturated carbocycles. The van der Waals surface area contributed by atoms with Crippen LogP contribution in [0.1, 0.15) is 54.4 Å². The lowest BCUT2D eigenvalue weighted by Gasteiger charge is -2.31. The first-order chi connectivity index (χ1) is 20.0. The van der Waals surface area contributed by atoms with E-state index in [2.05, 4.69) is 23.5 Å². The molecule has 8 heteroatoms. The molecule has 2 amide bonds. The van der Waals surface area contributed by atoms with E-state index < -0.39 is 12.1 Å². The van der Waals surface area contributed by atoms with Crippen molar-refractivity contribution in [3.05, 3.63) is 82.9 Å². The molecule has 0 aromatic heterocycles. The Morgan fingerprint density at radius 1 is 0.902 bits per heavy atom. The molecule has 3 aromatic rings. The summed E-state index contributed by atoms with van der Waals surface area (Å²) in [4.78, 5) is 37.7. The minimum absolute atomic E-state index is 0.0153. The molecular weight excluding hydrogens is 520 g/mol. The predicted octanol–water partition coefficient (Wildman–Crippen LogP) is 5.68. The molecule has 0 saturated heterocycles. The highest BCUT2D eigenvalue weighted by Crippen LogP contribution is 2.36. The fourth-order valence-electron chi connectivity index (χ4n) is 5.71. The van der Waals surface area contributed by atoms with Crippen LogP contribution in [0.15, 0.2) is 60.7 Å². The molecule has 2 N–H and O–H groups in total. The number of ether oxygens (including phenoxy) is 2. The number of rotatable bonds is 11. The lowest BCUT2D eigenvalue weighted by atomic mass is 9.91. The van der Waals surface area contributed by atoms with Crippen molar-refractivity contribution in [2.45, 2.75) is 58.0 Å². The van der Waals surface area contributed by atoms with Crippen molar-refractivity contribution < 1.29 is 29.0 Å². The Labute approximate surface area is 240 Å². The Morgan fingerprint density at radius 2 is 1.73 bits per heavy atom. The first-order valence-corrected chi connectivity index (χ1v) is 14.4. The van der Waals surface area contributed by atoms with Gasteiger partial charge in [0.25, 0.3) is 0 Å². The lowest BCUT2D eigenvalue weighted by molar-refractivity contribution is -0.136. The van der Waals surface area contributed by atoms with E-state index in [0.717, 1.165) is 59.4 Å². The third kappa shape index (κ3) is 7.06. The van der Waals surface area contributed by atoms with Gasteiger partial charge in [0.1, 0.15) is 12.4 Å². The maximum atomic E-state index is 13.3. The number of benzene rings is 3. The van der Waals surface area contributed by atoms with E-state index in [1.807, 2.05) is 47.4 Å². The average molecular weight is 557 g/mol. The highest BCUT2D eigenvalue weighted by atomic mass is 16.5. The molecule has 1 aliphatic carbocycles. The number of anilines is 1. The summed E-state index contributed by atoms with van der Waals surface area (Å²) in [7, 11) is 0. The number of hydrogen-bond acceptors (Lipinski definition) is 5. The standard InChI is InChI=1S/C33H36N2O6/c36-31(16-6-20-40-30-15-3-9-24-8-2-12-27(24)30)35-19-5-13-28-26(11-4-14-29(28)35)25-10-1-7-23(21-25)22-41-33(39)34-18-17-32(37)38/h1,3-4,7,9-11,14-15,21H,2,5-6,8,12-13,16-20,22H2,(H,34,39)(H,37,38). The van der Waals surface area contributed by atoms with Crippen molar-refractivity contribution in [3.63, 3.8) is 0 Å². The van der Waals surface area contributed by atoms with Crippen molar-refractivity contribution in [2.75, 3.05) is 24.6 Å². The predicted molar refractivity (Wildman–Crippen MR) is 156 cm³/mol. The molecule has 0 bridgehead atoms. The summed E-state index contributed by atoms with van der Waals surface area (Å²) in [5.41, 5.74) is 7.69. The topological polar surface area (TPSA) is 105 Å². The first kappa shape index (κ1) is 28.2. The van der Waals surface area contributed by atoms with Crippen molar-refractivity contribution in [3.8, 4) is 16.9 Å². The second kappa shape index (κ2) is 13.4. The van der Waals surface area contributed by atoms with E-state index in [1.54, 1.807) is 0 Å². The summed E-state index contributed by atoms with van der Waals surface area (Å²) in [6.45, 7) is 1.31. The van der Waals surface area contributed by atoms with Crippen LogP contribution in [0.3, 0.4) is 0 Å². The zero-order chi connectivity index (χ0) is 28.6. The Balaban J connectivity index is 1.19. The molecule has 3 aromatic carbocycles. The maximum absolute atomic E-state index is 13.3. The van der Waals surface area contributed by atoms with Crippen LogP contribution in [-0.2, 0) is 40.2 Å². The summed E-state index contributed by atoms with van der Waals surface area (Å²) >= 11 is 0. The van der Waals surface area contributed by atoms with Crippen LogP contribution in [0, 0.1) is 0 Å². The molecule has 0 radical (unpaired) electrons. The van der Waals surface area contributed by atoms with Gasteiger partial charge in [0.05, 0.1) is 13.0 Å². The normalized spacial score (nSPS) is 13.7. The Morgan fingerprint density at radius 3 is 2.61 bits per heavy atom. The van der Waals surface area contributed by atoms with Gasteiger partial charge in [-0.25, -0.2) is 4.79 Å². The summed E-state index contributed by atoms with van der Waals surface area (Å²) in [5, 5.41) is 11.1. The molecule has 0 unspecified atom stereocenters. The number of hydrogen-bond donors (Lipinski definition) is 2. The zero-order valence-electron chi connectivity index (χ0n) is 23.2. The second-order valence-corrected chi connectivity index (χ2v) is 10.5. The smallest absolute Gasteiger partial charge is 0.407 e. The summed E-state index contributed by atoms with van der Waals surface area (Å²) < 4.78 is 11.3. The van der Waals surface area contributed by atoms with Crippen molar-refractivity contribution in [1.29, 1.82) is 0 Å². The summed E-state index contributed by atoms with van der Waals surface area (Å²) in [6.07, 6.45) is 5.42. The van der Waals surface area contributed by atoms with Gasteiger partial charge in [-0.05, 0) is 90.1 Å². The van der Waals surface area contributed by atoms with Gasteiger partial charge in [0, 0.05) is 25.2 Å². The number of nitrogens with one attached hydrogen (secondary N) is 1. The van der Waals surface area contributed by atoms with E-state index in [9.17, 15) is 14.4 Å². The van der Waals surface area contributed by atoms with Crippen LogP contribution in [0.25, 0.3) is 11.1 Å². The van der Waals surface area contributed by atoms with Crippen LogP contribution < -0.4 is 15.0 Å². The number of nitrogens with zero attached hydrogens (tertiary/aromatic N) is 1. The Bertz CT molecular complexity index is 1420. The molecule has 1 aliphatic heterocycles. The highest BCUT2D eigenvalue weighted by molar-refractivity contribution is 5.96. The molecule has 214 valence electrons. The fraction of sp³-hybridized carbons (Fsp3) is 0.364. The molecule has 5 rings (SSSR count). The number of alkyl carbamates (subject to hydrolysis) is 1. The van der Waals surface area contributed by atoms with Crippen LogP contribution in [0.4, 0.5) is 10.5 Å². The summed E-state index contributed by atoms with van der Waals surface area (Å²) in [6, 6.07) is 20.1. The quantitative estimate of drug-likeness (QED) is 0.295. The average Bonchev–Trinajstić information content (AvgIpc) is 3.47. The molecule has 0 fully saturated rings.